The first kappa shape index (κ1) is 16.7. The van der Waals surface area contributed by atoms with Gasteiger partial charge in [0.15, 0.2) is 0 Å². The van der Waals surface area contributed by atoms with Crippen molar-refractivity contribution in [3.8, 4) is 0 Å². The molecule has 0 unspecified atom stereocenters. The molecule has 0 aromatic heterocycles. The number of unbranched alkanes of at least 4 members (excludes halogenated alkanes) is 2. The van der Waals surface area contributed by atoms with E-state index in [0.29, 0.717) is 6.61 Å². The van der Waals surface area contributed by atoms with Crippen molar-refractivity contribution in [1.29, 1.82) is 0 Å². The highest BCUT2D eigenvalue weighted by molar-refractivity contribution is 5.65. The molecule has 0 aliphatic rings. The predicted octanol–water partition coefficient (Wildman–Crippen LogP) is 4.58. The molecule has 0 aromatic carbocycles. The number of esters is 1. The second-order valence-electron chi connectivity index (χ2n) is 4.12. The van der Waals surface area contributed by atoms with Crippen LogP contribution in [0.15, 0.2) is 36.5 Å². The second kappa shape index (κ2) is 13.8. The largest absolute Gasteiger partial charge is 0.466 e. The summed E-state index contributed by atoms with van der Waals surface area (Å²) < 4.78 is 4.83. The molecule has 0 radical (unpaired) electrons. The Balaban J connectivity index is 3.26. The van der Waals surface area contributed by atoms with E-state index in [2.05, 4.69) is 43.4 Å². The summed E-state index contributed by atoms with van der Waals surface area (Å²) in [4.78, 5) is 10.5. The maximum atomic E-state index is 10.5. The molecule has 2 nitrogen and oxygen atoms in total. The van der Waals surface area contributed by atoms with Crippen LogP contribution in [0.4, 0.5) is 0 Å². The Morgan fingerprint density at radius 1 is 0.944 bits per heavy atom. The van der Waals surface area contributed by atoms with Gasteiger partial charge >= 0.3 is 5.97 Å². The van der Waals surface area contributed by atoms with Crippen LogP contribution in [-0.4, -0.2) is 12.6 Å². The van der Waals surface area contributed by atoms with Gasteiger partial charge < -0.3 is 4.74 Å². The standard InChI is InChI=1S/C16H26O2/c1-3-4-5-6-7-8-9-10-11-12-13-14-15-18-16(2)17/h4-5,7-8,12-13H,3,6,9-11,14-15H2,1-2H3/b5-4+,8-7-,13-12-. The van der Waals surface area contributed by atoms with Crippen LogP contribution in [0.1, 0.15) is 52.4 Å². The third kappa shape index (κ3) is 14.7. The Morgan fingerprint density at radius 3 is 2.22 bits per heavy atom. The fraction of sp³-hybridized carbons (Fsp3) is 0.562. The van der Waals surface area contributed by atoms with E-state index >= 15 is 0 Å². The number of carbonyl (C=O) groups excluding carboxylic acids is 1. The number of hydrogen-bond acceptors (Lipinski definition) is 2. The minimum atomic E-state index is -0.203. The van der Waals surface area contributed by atoms with Crippen molar-refractivity contribution in [3.05, 3.63) is 36.5 Å². The lowest BCUT2D eigenvalue weighted by Crippen LogP contribution is -1.98. The molecule has 0 aliphatic carbocycles. The lowest BCUT2D eigenvalue weighted by Gasteiger charge is -1.96. The summed E-state index contributed by atoms with van der Waals surface area (Å²) in [6, 6.07) is 0. The average molecular weight is 250 g/mol. The van der Waals surface area contributed by atoms with E-state index in [0.717, 1.165) is 32.1 Å². The quantitative estimate of drug-likeness (QED) is 0.322. The van der Waals surface area contributed by atoms with Crippen molar-refractivity contribution in [1.82, 2.24) is 0 Å². The lowest BCUT2D eigenvalue weighted by atomic mass is 10.2. The maximum absolute atomic E-state index is 10.5. The fourth-order valence-electron chi connectivity index (χ4n) is 1.42. The van der Waals surface area contributed by atoms with Crippen LogP contribution in [-0.2, 0) is 9.53 Å². The Bertz CT molecular complexity index is 275. The summed E-state index contributed by atoms with van der Waals surface area (Å²) >= 11 is 0. The first-order chi connectivity index (χ1) is 8.77. The van der Waals surface area contributed by atoms with E-state index in [1.165, 1.54) is 13.3 Å². The number of rotatable bonds is 10. The molecule has 0 aliphatic heterocycles. The number of hydrogen-bond donors (Lipinski definition) is 0. The second-order valence-corrected chi connectivity index (χ2v) is 4.12. The zero-order valence-corrected chi connectivity index (χ0v) is 11.7. The summed E-state index contributed by atoms with van der Waals surface area (Å²) in [7, 11) is 0. The molecule has 0 fully saturated rings. The molecule has 0 spiro atoms. The Kier molecular flexibility index (Phi) is 12.8. The summed E-state index contributed by atoms with van der Waals surface area (Å²) in [6.07, 6.45) is 19.5. The molecular formula is C16H26O2. The van der Waals surface area contributed by atoms with Gasteiger partial charge in [-0.2, -0.15) is 0 Å². The van der Waals surface area contributed by atoms with Crippen LogP contribution >= 0.6 is 0 Å². The summed E-state index contributed by atoms with van der Waals surface area (Å²) in [5.41, 5.74) is 0. The molecule has 0 bridgehead atoms. The molecule has 2 heteroatoms. The number of ether oxygens (including phenoxy) is 1. The van der Waals surface area contributed by atoms with Gasteiger partial charge in [-0.05, 0) is 38.5 Å². The van der Waals surface area contributed by atoms with Gasteiger partial charge in [0.25, 0.3) is 0 Å². The van der Waals surface area contributed by atoms with Gasteiger partial charge in [-0.15, -0.1) is 0 Å². The normalized spacial score (nSPS) is 11.9. The zero-order chi connectivity index (χ0) is 13.5. The Labute approximate surface area is 111 Å². The Morgan fingerprint density at radius 2 is 1.56 bits per heavy atom. The molecule has 0 atom stereocenters. The van der Waals surface area contributed by atoms with Gasteiger partial charge in [-0.3, -0.25) is 4.79 Å². The molecule has 102 valence electrons. The first-order valence-electron chi connectivity index (χ1n) is 6.85. The van der Waals surface area contributed by atoms with E-state index in [9.17, 15) is 4.79 Å². The smallest absolute Gasteiger partial charge is 0.302 e. The highest BCUT2D eigenvalue weighted by atomic mass is 16.5. The highest BCUT2D eigenvalue weighted by Gasteiger charge is 1.88. The van der Waals surface area contributed by atoms with Crippen LogP contribution < -0.4 is 0 Å². The molecule has 0 rings (SSSR count). The molecule has 0 saturated heterocycles. The van der Waals surface area contributed by atoms with E-state index in [-0.39, 0.29) is 5.97 Å². The van der Waals surface area contributed by atoms with Crippen LogP contribution in [0.2, 0.25) is 0 Å². The predicted molar refractivity (Wildman–Crippen MR) is 77.4 cm³/mol. The molecule has 0 N–H and O–H groups in total. The van der Waals surface area contributed by atoms with Crippen LogP contribution in [0.5, 0.6) is 0 Å². The summed E-state index contributed by atoms with van der Waals surface area (Å²) in [6.45, 7) is 4.08. The van der Waals surface area contributed by atoms with Gasteiger partial charge in [0.2, 0.25) is 0 Å². The van der Waals surface area contributed by atoms with Gasteiger partial charge in [-0.1, -0.05) is 43.4 Å². The summed E-state index contributed by atoms with van der Waals surface area (Å²) in [5, 5.41) is 0. The molecule has 0 heterocycles. The highest BCUT2D eigenvalue weighted by Crippen LogP contribution is 2.00. The van der Waals surface area contributed by atoms with Gasteiger partial charge in [0.05, 0.1) is 6.61 Å². The first-order valence-corrected chi connectivity index (χ1v) is 6.85. The van der Waals surface area contributed by atoms with Gasteiger partial charge in [-0.25, -0.2) is 0 Å². The van der Waals surface area contributed by atoms with E-state index in [1.54, 1.807) is 0 Å². The van der Waals surface area contributed by atoms with Crippen molar-refractivity contribution in [3.63, 3.8) is 0 Å². The molecule has 18 heavy (non-hydrogen) atoms. The number of allylic oxidation sites excluding steroid dienone is 5. The van der Waals surface area contributed by atoms with E-state index < -0.39 is 0 Å². The minimum Gasteiger partial charge on any atom is -0.466 e. The van der Waals surface area contributed by atoms with Gasteiger partial charge in [0, 0.05) is 6.92 Å². The van der Waals surface area contributed by atoms with Crippen LogP contribution in [0.3, 0.4) is 0 Å². The SMILES string of the molecule is CC/C=C/C/C=C\CCC/C=C\CCOC(C)=O. The third-order valence-electron chi connectivity index (χ3n) is 2.34. The minimum absolute atomic E-state index is 0.203. The van der Waals surface area contributed by atoms with Crippen LogP contribution in [0, 0.1) is 0 Å². The summed E-state index contributed by atoms with van der Waals surface area (Å²) in [5.74, 6) is -0.203. The van der Waals surface area contributed by atoms with Crippen LogP contribution in [0.25, 0.3) is 0 Å². The van der Waals surface area contributed by atoms with E-state index in [1.807, 2.05) is 0 Å². The lowest BCUT2D eigenvalue weighted by molar-refractivity contribution is -0.140. The average Bonchev–Trinajstić information content (AvgIpc) is 2.34. The monoisotopic (exact) mass is 250 g/mol. The molecule has 0 saturated carbocycles. The van der Waals surface area contributed by atoms with Crippen molar-refractivity contribution < 1.29 is 9.53 Å². The zero-order valence-electron chi connectivity index (χ0n) is 11.7. The fourth-order valence-corrected chi connectivity index (χ4v) is 1.42. The topological polar surface area (TPSA) is 26.3 Å². The Hall–Kier alpha value is -1.31. The third-order valence-corrected chi connectivity index (χ3v) is 2.34. The van der Waals surface area contributed by atoms with Crippen molar-refractivity contribution in [2.24, 2.45) is 0 Å². The molecule has 0 amide bonds. The van der Waals surface area contributed by atoms with Crippen molar-refractivity contribution >= 4 is 5.97 Å². The molecule has 0 aromatic rings. The number of carbonyl (C=O) groups is 1. The van der Waals surface area contributed by atoms with Crippen molar-refractivity contribution in [2.45, 2.75) is 52.4 Å². The van der Waals surface area contributed by atoms with Crippen molar-refractivity contribution in [2.75, 3.05) is 6.61 Å². The van der Waals surface area contributed by atoms with E-state index in [4.69, 9.17) is 4.74 Å². The molecular weight excluding hydrogens is 224 g/mol. The van der Waals surface area contributed by atoms with Gasteiger partial charge in [0.1, 0.15) is 0 Å². The maximum Gasteiger partial charge on any atom is 0.302 e.